The fourth-order valence-electron chi connectivity index (χ4n) is 6.67. The third kappa shape index (κ3) is 42.6. The van der Waals surface area contributed by atoms with Crippen LogP contribution >= 0.6 is 7.82 Å². The Bertz CT molecular complexity index is 1090. The normalized spacial score (nSPS) is 14.7. The Morgan fingerprint density at radius 2 is 1.02 bits per heavy atom. The zero-order valence-electron chi connectivity index (χ0n) is 38.5. The van der Waals surface area contributed by atoms with Crippen molar-refractivity contribution in [3.8, 4) is 0 Å². The van der Waals surface area contributed by atoms with Crippen LogP contribution in [0, 0.1) is 0 Å². The minimum absolute atomic E-state index is 0.00823. The number of quaternary nitrogens is 1. The summed E-state index contributed by atoms with van der Waals surface area (Å²) in [6.45, 7) is 4.60. The van der Waals surface area contributed by atoms with Gasteiger partial charge in [-0.2, -0.15) is 0 Å². The zero-order chi connectivity index (χ0) is 42.8. The van der Waals surface area contributed by atoms with Crippen LogP contribution in [0.1, 0.15) is 206 Å². The molecule has 0 saturated heterocycles. The zero-order valence-corrected chi connectivity index (χ0v) is 39.4. The Morgan fingerprint density at radius 3 is 1.53 bits per heavy atom. The van der Waals surface area contributed by atoms with Crippen LogP contribution in [0.25, 0.3) is 0 Å². The molecule has 0 aliphatic carbocycles. The number of allylic oxidation sites excluding steroid dienone is 7. The van der Waals surface area contributed by atoms with E-state index in [2.05, 4.69) is 55.6 Å². The van der Waals surface area contributed by atoms with E-state index in [-0.39, 0.29) is 12.5 Å². The van der Waals surface area contributed by atoms with Gasteiger partial charge in [-0.25, -0.2) is 0 Å². The Morgan fingerprint density at radius 1 is 0.603 bits per heavy atom. The lowest BCUT2D eigenvalue weighted by molar-refractivity contribution is -0.870. The number of unbranched alkanes of at least 4 members (excludes halogenated alkanes) is 24. The highest BCUT2D eigenvalue weighted by Gasteiger charge is 2.23. The molecule has 0 aromatic heterocycles. The maximum Gasteiger partial charge on any atom is 0.268 e. The van der Waals surface area contributed by atoms with Gasteiger partial charge in [0.15, 0.2) is 0 Å². The SMILES string of the molecule is CCCCC/C=C\C/C=C\CCCCCCCCCCCC(=O)NC(COP(=O)([O-])OCC[N+](C)(C)C)C(O)/C=C/CC/C=C/CCCCCCCCCCCCC. The Hall–Kier alpha value is -1.54. The van der Waals surface area contributed by atoms with Crippen molar-refractivity contribution in [3.63, 3.8) is 0 Å². The lowest BCUT2D eigenvalue weighted by atomic mass is 10.0. The highest BCUT2D eigenvalue weighted by atomic mass is 31.2. The average molecular weight is 837 g/mol. The number of aliphatic hydroxyl groups excluding tert-OH is 1. The monoisotopic (exact) mass is 837 g/mol. The summed E-state index contributed by atoms with van der Waals surface area (Å²) >= 11 is 0. The van der Waals surface area contributed by atoms with E-state index in [1.807, 2.05) is 27.2 Å². The third-order valence-corrected chi connectivity index (χ3v) is 11.5. The smallest absolute Gasteiger partial charge is 0.268 e. The van der Waals surface area contributed by atoms with E-state index in [9.17, 15) is 19.4 Å². The Labute approximate surface area is 359 Å². The molecule has 58 heavy (non-hydrogen) atoms. The lowest BCUT2D eigenvalue weighted by Gasteiger charge is -2.29. The second kappa shape index (κ2) is 40.8. The molecule has 0 saturated carbocycles. The molecule has 0 aromatic rings. The summed E-state index contributed by atoms with van der Waals surface area (Å²) in [7, 11) is 1.24. The molecule has 3 unspecified atom stereocenters. The van der Waals surface area contributed by atoms with Crippen LogP contribution in [-0.4, -0.2) is 68.5 Å². The van der Waals surface area contributed by atoms with E-state index >= 15 is 0 Å². The summed E-state index contributed by atoms with van der Waals surface area (Å²) in [5, 5.41) is 13.8. The predicted octanol–water partition coefficient (Wildman–Crippen LogP) is 13.0. The molecular formula is C49H93N2O6P. The molecule has 1 amide bonds. The summed E-state index contributed by atoms with van der Waals surface area (Å²) in [5.74, 6) is -0.213. The van der Waals surface area contributed by atoms with Gasteiger partial charge in [-0.05, 0) is 64.2 Å². The summed E-state index contributed by atoms with van der Waals surface area (Å²) < 4.78 is 23.2. The molecule has 0 bridgehead atoms. The van der Waals surface area contributed by atoms with Gasteiger partial charge in [0.2, 0.25) is 5.91 Å². The highest BCUT2D eigenvalue weighted by molar-refractivity contribution is 7.45. The summed E-state index contributed by atoms with van der Waals surface area (Å²) in [6, 6.07) is -0.905. The third-order valence-electron chi connectivity index (χ3n) is 10.5. The number of nitrogens with one attached hydrogen (secondary N) is 1. The van der Waals surface area contributed by atoms with Crippen molar-refractivity contribution in [3.05, 3.63) is 48.6 Å². The molecule has 0 aromatic carbocycles. The fourth-order valence-corrected chi connectivity index (χ4v) is 7.39. The van der Waals surface area contributed by atoms with Crippen molar-refractivity contribution < 1.29 is 32.9 Å². The average Bonchev–Trinajstić information content (AvgIpc) is 3.17. The van der Waals surface area contributed by atoms with Gasteiger partial charge in [0.1, 0.15) is 13.2 Å². The van der Waals surface area contributed by atoms with Crippen molar-refractivity contribution in [2.45, 2.75) is 219 Å². The molecule has 0 aliphatic rings. The lowest BCUT2D eigenvalue weighted by Crippen LogP contribution is -2.45. The first-order chi connectivity index (χ1) is 28.0. The maximum atomic E-state index is 12.9. The van der Waals surface area contributed by atoms with E-state index in [0.29, 0.717) is 17.4 Å². The van der Waals surface area contributed by atoms with Crippen LogP contribution in [-0.2, 0) is 18.4 Å². The number of hydrogen-bond acceptors (Lipinski definition) is 6. The van der Waals surface area contributed by atoms with Crippen molar-refractivity contribution in [1.82, 2.24) is 5.32 Å². The molecule has 9 heteroatoms. The van der Waals surface area contributed by atoms with E-state index in [1.54, 1.807) is 6.08 Å². The molecule has 8 nitrogen and oxygen atoms in total. The van der Waals surface area contributed by atoms with Crippen molar-refractivity contribution in [1.29, 1.82) is 0 Å². The summed E-state index contributed by atoms with van der Waals surface area (Å²) in [5.41, 5.74) is 0. The summed E-state index contributed by atoms with van der Waals surface area (Å²) in [4.78, 5) is 25.3. The van der Waals surface area contributed by atoms with Gasteiger partial charge >= 0.3 is 0 Å². The van der Waals surface area contributed by atoms with Crippen LogP contribution in [0.5, 0.6) is 0 Å². The largest absolute Gasteiger partial charge is 0.756 e. The Balaban J connectivity index is 4.42. The van der Waals surface area contributed by atoms with Gasteiger partial charge in [0.05, 0.1) is 39.9 Å². The first kappa shape index (κ1) is 56.5. The van der Waals surface area contributed by atoms with Crippen LogP contribution in [0.3, 0.4) is 0 Å². The molecule has 2 N–H and O–H groups in total. The van der Waals surface area contributed by atoms with Gasteiger partial charge in [0.25, 0.3) is 7.82 Å². The highest BCUT2D eigenvalue weighted by Crippen LogP contribution is 2.38. The van der Waals surface area contributed by atoms with Crippen LogP contribution < -0.4 is 10.2 Å². The van der Waals surface area contributed by atoms with Gasteiger partial charge < -0.3 is 28.8 Å². The van der Waals surface area contributed by atoms with Gasteiger partial charge in [0, 0.05) is 6.42 Å². The minimum atomic E-state index is -4.60. The fraction of sp³-hybridized carbons (Fsp3) is 0.816. The number of aliphatic hydroxyl groups is 1. The number of hydrogen-bond donors (Lipinski definition) is 2. The van der Waals surface area contributed by atoms with Crippen molar-refractivity contribution in [2.24, 2.45) is 0 Å². The number of nitrogens with zero attached hydrogens (tertiary/aromatic N) is 1. The molecule has 0 radical (unpaired) electrons. The van der Waals surface area contributed by atoms with E-state index < -0.39 is 26.6 Å². The van der Waals surface area contributed by atoms with E-state index in [1.165, 1.54) is 141 Å². The first-order valence-electron chi connectivity index (χ1n) is 24.0. The number of phosphoric ester groups is 1. The first-order valence-corrected chi connectivity index (χ1v) is 25.5. The number of phosphoric acid groups is 1. The van der Waals surface area contributed by atoms with Gasteiger partial charge in [-0.15, -0.1) is 0 Å². The number of rotatable bonds is 43. The quantitative estimate of drug-likeness (QED) is 0.0274. The molecule has 0 aliphatic heterocycles. The van der Waals surface area contributed by atoms with Crippen molar-refractivity contribution in [2.75, 3.05) is 40.9 Å². The van der Waals surface area contributed by atoms with E-state index in [4.69, 9.17) is 9.05 Å². The predicted molar refractivity (Wildman–Crippen MR) is 247 cm³/mol. The molecule has 3 atom stereocenters. The topological polar surface area (TPSA) is 108 Å². The maximum absolute atomic E-state index is 12.9. The van der Waals surface area contributed by atoms with Gasteiger partial charge in [-0.1, -0.05) is 184 Å². The number of likely N-dealkylation sites (N-methyl/N-ethyl adjacent to an activating group) is 1. The Kier molecular flexibility index (Phi) is 39.8. The van der Waals surface area contributed by atoms with Crippen molar-refractivity contribution >= 4 is 13.7 Å². The van der Waals surface area contributed by atoms with Gasteiger partial charge in [-0.3, -0.25) is 9.36 Å². The second-order valence-corrected chi connectivity index (χ2v) is 18.9. The molecule has 0 heterocycles. The molecule has 0 spiro atoms. The van der Waals surface area contributed by atoms with E-state index in [0.717, 1.165) is 44.9 Å². The molecular weight excluding hydrogens is 744 g/mol. The standard InChI is InChI=1S/C49H93N2O6P/c1-6-8-10-12-14-16-18-20-22-24-25-27-29-31-33-35-37-39-41-43-49(53)50-47(46-57-58(54,55)56-45-44-51(3,4)5)48(52)42-40-38-36-34-32-30-28-26-23-21-19-17-15-13-11-9-7-2/h14,16,20,22,32,34,40,42,47-48,52H,6-13,15,17-19,21,23-31,33,35-39,41,43-46H2,1-5H3,(H-,50,53,54,55)/b16-14-,22-20-,34-32+,42-40+. The number of amides is 1. The van der Waals surface area contributed by atoms with Crippen LogP contribution in [0.15, 0.2) is 48.6 Å². The second-order valence-electron chi connectivity index (χ2n) is 17.5. The number of carbonyl (C=O) groups excluding carboxylic acids is 1. The molecule has 0 fully saturated rings. The molecule has 0 rings (SSSR count). The van der Waals surface area contributed by atoms with Crippen LogP contribution in [0.2, 0.25) is 0 Å². The minimum Gasteiger partial charge on any atom is -0.756 e. The molecule has 340 valence electrons. The van der Waals surface area contributed by atoms with Crippen LogP contribution in [0.4, 0.5) is 0 Å². The number of carbonyl (C=O) groups is 1. The summed E-state index contributed by atoms with van der Waals surface area (Å²) in [6.07, 6.45) is 51.6.